The normalized spacial score (nSPS) is 17.2. The number of benzene rings is 2. The van der Waals surface area contributed by atoms with E-state index in [1.54, 1.807) is 0 Å². The van der Waals surface area contributed by atoms with Crippen molar-refractivity contribution in [2.45, 2.75) is 32.2 Å². The number of aromatic nitrogens is 1. The molecular formula is C23H26FN3O. The van der Waals surface area contributed by atoms with Gasteiger partial charge in [0.15, 0.2) is 0 Å². The average molecular weight is 379 g/mol. The van der Waals surface area contributed by atoms with E-state index in [9.17, 15) is 9.18 Å². The van der Waals surface area contributed by atoms with Crippen molar-refractivity contribution in [3.63, 3.8) is 0 Å². The van der Waals surface area contributed by atoms with E-state index in [1.807, 2.05) is 29.3 Å². The molecule has 4 rings (SSSR count). The molecule has 1 fully saturated rings. The summed E-state index contributed by atoms with van der Waals surface area (Å²) >= 11 is 0. The molecule has 2 aromatic carbocycles. The van der Waals surface area contributed by atoms with Gasteiger partial charge in [-0.05, 0) is 54.7 Å². The Morgan fingerprint density at radius 1 is 1.21 bits per heavy atom. The van der Waals surface area contributed by atoms with Crippen LogP contribution >= 0.6 is 0 Å². The Hall–Kier alpha value is -2.66. The number of nitrogens with one attached hydrogen (secondary N) is 2. The molecule has 2 N–H and O–H groups in total. The number of piperazine rings is 1. The van der Waals surface area contributed by atoms with Gasteiger partial charge in [-0.15, -0.1) is 0 Å². The van der Waals surface area contributed by atoms with Crippen LogP contribution in [0.25, 0.3) is 10.9 Å². The van der Waals surface area contributed by atoms with E-state index in [2.05, 4.69) is 29.4 Å². The fourth-order valence-electron chi connectivity index (χ4n) is 4.14. The summed E-state index contributed by atoms with van der Waals surface area (Å²) in [7, 11) is 0. The lowest BCUT2D eigenvalue weighted by Crippen LogP contribution is -2.53. The number of aryl methyl sites for hydroxylation is 2. The van der Waals surface area contributed by atoms with Crippen LogP contribution in [-0.4, -0.2) is 41.5 Å². The first kappa shape index (κ1) is 18.7. The summed E-state index contributed by atoms with van der Waals surface area (Å²) in [5, 5.41) is 4.72. The predicted molar refractivity (Wildman–Crippen MR) is 110 cm³/mol. The smallest absolute Gasteiger partial charge is 0.222 e. The number of carbonyl (C=O) groups excluding carboxylic acids is 1. The topological polar surface area (TPSA) is 48.1 Å². The summed E-state index contributed by atoms with van der Waals surface area (Å²) in [6.07, 6.45) is 4.09. The van der Waals surface area contributed by atoms with Gasteiger partial charge in [-0.25, -0.2) is 4.39 Å². The van der Waals surface area contributed by atoms with Crippen molar-refractivity contribution in [1.29, 1.82) is 0 Å². The summed E-state index contributed by atoms with van der Waals surface area (Å²) in [6.45, 7) is 4.34. The van der Waals surface area contributed by atoms with Gasteiger partial charge >= 0.3 is 0 Å². The first-order valence-electron chi connectivity index (χ1n) is 9.91. The van der Waals surface area contributed by atoms with Gasteiger partial charge in [0, 0.05) is 49.2 Å². The number of rotatable bonds is 5. The van der Waals surface area contributed by atoms with Crippen molar-refractivity contribution < 1.29 is 9.18 Å². The number of fused-ring (bicyclic) bond motifs is 1. The van der Waals surface area contributed by atoms with Gasteiger partial charge in [0.25, 0.3) is 0 Å². The highest BCUT2D eigenvalue weighted by atomic mass is 19.1. The Labute approximate surface area is 164 Å². The zero-order chi connectivity index (χ0) is 19.5. The number of aromatic amines is 1. The van der Waals surface area contributed by atoms with Gasteiger partial charge in [0.05, 0.1) is 0 Å². The molecule has 0 aliphatic carbocycles. The largest absolute Gasteiger partial charge is 0.361 e. The van der Waals surface area contributed by atoms with Crippen LogP contribution in [0.1, 0.15) is 23.1 Å². The number of H-pyrrole nitrogens is 1. The standard InChI is InChI=1S/C23H26FN3O/c1-16-3-2-4-21-23(16)18(14-26-21)7-10-22(28)27-12-11-25-20(15-27)13-17-5-8-19(24)9-6-17/h2-6,8-9,14,20,25-26H,7,10-13,15H2,1H3. The van der Waals surface area contributed by atoms with Crippen LogP contribution in [0.15, 0.2) is 48.7 Å². The van der Waals surface area contributed by atoms with Crippen molar-refractivity contribution in [1.82, 2.24) is 15.2 Å². The van der Waals surface area contributed by atoms with Crippen LogP contribution in [0.5, 0.6) is 0 Å². The van der Waals surface area contributed by atoms with Crippen LogP contribution in [0.3, 0.4) is 0 Å². The summed E-state index contributed by atoms with van der Waals surface area (Å²) in [5.74, 6) is -0.0155. The molecule has 1 unspecified atom stereocenters. The van der Waals surface area contributed by atoms with Crippen LogP contribution in [0, 0.1) is 12.7 Å². The lowest BCUT2D eigenvalue weighted by atomic mass is 10.0. The van der Waals surface area contributed by atoms with E-state index in [4.69, 9.17) is 0 Å². The molecule has 1 atom stereocenters. The maximum absolute atomic E-state index is 13.1. The molecular weight excluding hydrogens is 353 g/mol. The van der Waals surface area contributed by atoms with Crippen LogP contribution in [0.4, 0.5) is 4.39 Å². The van der Waals surface area contributed by atoms with Crippen LogP contribution in [0.2, 0.25) is 0 Å². The van der Waals surface area contributed by atoms with Gasteiger partial charge in [-0.2, -0.15) is 0 Å². The molecule has 0 saturated carbocycles. The highest BCUT2D eigenvalue weighted by Gasteiger charge is 2.23. The average Bonchev–Trinajstić information content (AvgIpc) is 3.13. The number of nitrogens with zero attached hydrogens (tertiary/aromatic N) is 1. The highest BCUT2D eigenvalue weighted by molar-refractivity contribution is 5.87. The molecule has 1 aromatic heterocycles. The molecule has 0 radical (unpaired) electrons. The highest BCUT2D eigenvalue weighted by Crippen LogP contribution is 2.23. The number of amides is 1. The van der Waals surface area contributed by atoms with E-state index < -0.39 is 0 Å². The third kappa shape index (κ3) is 4.09. The summed E-state index contributed by atoms with van der Waals surface area (Å²) in [5.41, 5.74) is 4.66. The number of hydrogen-bond acceptors (Lipinski definition) is 2. The Morgan fingerprint density at radius 3 is 2.86 bits per heavy atom. The molecule has 3 aromatic rings. The minimum atomic E-state index is -0.218. The Bertz CT molecular complexity index is 964. The Kier molecular flexibility index (Phi) is 5.44. The second-order valence-corrected chi connectivity index (χ2v) is 7.63. The van der Waals surface area contributed by atoms with Gasteiger partial charge in [-0.1, -0.05) is 24.3 Å². The van der Waals surface area contributed by atoms with Crippen LogP contribution < -0.4 is 5.32 Å². The SMILES string of the molecule is Cc1cccc2[nH]cc(CCC(=O)N3CCNC(Cc4ccc(F)cc4)C3)c12. The Morgan fingerprint density at radius 2 is 2.04 bits per heavy atom. The third-order valence-electron chi connectivity index (χ3n) is 5.61. The quantitative estimate of drug-likeness (QED) is 0.712. The van der Waals surface area contributed by atoms with Gasteiger partial charge in [0.2, 0.25) is 5.91 Å². The molecule has 5 heteroatoms. The minimum Gasteiger partial charge on any atom is -0.361 e. The molecule has 1 aliphatic rings. The van der Waals surface area contributed by atoms with Crippen molar-refractivity contribution in [2.75, 3.05) is 19.6 Å². The lowest BCUT2D eigenvalue weighted by molar-refractivity contribution is -0.132. The molecule has 1 amide bonds. The summed E-state index contributed by atoms with van der Waals surface area (Å²) in [6, 6.07) is 13.0. The van der Waals surface area contributed by atoms with Gasteiger partial charge in [-0.3, -0.25) is 4.79 Å². The molecule has 4 nitrogen and oxygen atoms in total. The van der Waals surface area contributed by atoms with E-state index >= 15 is 0 Å². The zero-order valence-electron chi connectivity index (χ0n) is 16.2. The maximum Gasteiger partial charge on any atom is 0.222 e. The summed E-state index contributed by atoms with van der Waals surface area (Å²) in [4.78, 5) is 18.1. The fraction of sp³-hybridized carbons (Fsp3) is 0.348. The number of halogens is 1. The van der Waals surface area contributed by atoms with Crippen molar-refractivity contribution >= 4 is 16.8 Å². The predicted octanol–water partition coefficient (Wildman–Crippen LogP) is 3.59. The van der Waals surface area contributed by atoms with E-state index in [1.165, 1.54) is 28.6 Å². The molecule has 1 aliphatic heterocycles. The first-order chi connectivity index (χ1) is 13.6. The molecule has 2 heterocycles. The molecule has 0 spiro atoms. The lowest BCUT2D eigenvalue weighted by Gasteiger charge is -2.34. The molecule has 0 bridgehead atoms. The number of carbonyl (C=O) groups is 1. The van der Waals surface area contributed by atoms with Crippen molar-refractivity contribution in [3.8, 4) is 0 Å². The van der Waals surface area contributed by atoms with E-state index in [0.717, 1.165) is 37.0 Å². The second kappa shape index (κ2) is 8.15. The van der Waals surface area contributed by atoms with Gasteiger partial charge < -0.3 is 15.2 Å². The molecule has 28 heavy (non-hydrogen) atoms. The number of hydrogen-bond donors (Lipinski definition) is 2. The van der Waals surface area contributed by atoms with Crippen molar-refractivity contribution in [3.05, 3.63) is 71.2 Å². The fourth-order valence-corrected chi connectivity index (χ4v) is 4.14. The molecule has 1 saturated heterocycles. The third-order valence-corrected chi connectivity index (χ3v) is 5.61. The molecule has 146 valence electrons. The second-order valence-electron chi connectivity index (χ2n) is 7.63. The Balaban J connectivity index is 1.35. The van der Waals surface area contributed by atoms with Gasteiger partial charge in [0.1, 0.15) is 5.82 Å². The zero-order valence-corrected chi connectivity index (χ0v) is 16.2. The minimum absolute atomic E-state index is 0.202. The van der Waals surface area contributed by atoms with E-state index in [0.29, 0.717) is 13.0 Å². The van der Waals surface area contributed by atoms with Crippen molar-refractivity contribution in [2.24, 2.45) is 0 Å². The summed E-state index contributed by atoms with van der Waals surface area (Å²) < 4.78 is 13.1. The van der Waals surface area contributed by atoms with E-state index in [-0.39, 0.29) is 17.8 Å². The monoisotopic (exact) mass is 379 g/mol. The van der Waals surface area contributed by atoms with Crippen LogP contribution in [-0.2, 0) is 17.6 Å². The first-order valence-corrected chi connectivity index (χ1v) is 9.91. The maximum atomic E-state index is 13.1.